The van der Waals surface area contributed by atoms with Crippen LogP contribution in [0.1, 0.15) is 18.9 Å². The van der Waals surface area contributed by atoms with Crippen LogP contribution < -0.4 is 9.62 Å². The molecule has 0 bridgehead atoms. The lowest BCUT2D eigenvalue weighted by molar-refractivity contribution is -0.119. The first kappa shape index (κ1) is 18.4. The first-order chi connectivity index (χ1) is 10.4. The Balaban J connectivity index is 2.75. The molecule has 6 nitrogen and oxygen atoms in total. The molecule has 1 aromatic carbocycles. The molecular weight excluding hydrogens is 304 g/mol. The lowest BCUT2D eigenvalue weighted by Gasteiger charge is -2.22. The number of ether oxygens (including phenoxy) is 1. The summed E-state index contributed by atoms with van der Waals surface area (Å²) in [5.74, 6) is -0.332. The Morgan fingerprint density at radius 1 is 1.27 bits per heavy atom. The number of aryl methyl sites for hydroxylation is 1. The van der Waals surface area contributed by atoms with Gasteiger partial charge in [-0.05, 0) is 30.5 Å². The Morgan fingerprint density at radius 3 is 2.41 bits per heavy atom. The number of carbonyl (C=O) groups excluding carboxylic acids is 1. The highest BCUT2D eigenvalue weighted by atomic mass is 32.2. The second-order valence-electron chi connectivity index (χ2n) is 4.99. The van der Waals surface area contributed by atoms with Gasteiger partial charge in [0.05, 0.1) is 11.9 Å². The van der Waals surface area contributed by atoms with E-state index in [0.717, 1.165) is 22.5 Å². The lowest BCUT2D eigenvalue weighted by atomic mass is 10.1. The zero-order valence-electron chi connectivity index (χ0n) is 13.3. The summed E-state index contributed by atoms with van der Waals surface area (Å²) >= 11 is 0. The number of sulfonamides is 1. The van der Waals surface area contributed by atoms with Crippen molar-refractivity contribution in [2.45, 2.75) is 19.8 Å². The maximum absolute atomic E-state index is 11.9. The normalized spacial score (nSPS) is 11.2. The van der Waals surface area contributed by atoms with Crippen molar-refractivity contribution in [3.8, 4) is 0 Å². The largest absolute Gasteiger partial charge is 0.385 e. The van der Waals surface area contributed by atoms with Gasteiger partial charge in [0, 0.05) is 20.3 Å². The van der Waals surface area contributed by atoms with Gasteiger partial charge in [-0.3, -0.25) is 9.10 Å². The van der Waals surface area contributed by atoms with E-state index in [1.807, 2.05) is 19.1 Å². The fraction of sp³-hybridized carbons (Fsp3) is 0.533. The predicted molar refractivity (Wildman–Crippen MR) is 87.5 cm³/mol. The maximum Gasteiger partial charge on any atom is 0.240 e. The molecule has 0 heterocycles. The highest BCUT2D eigenvalue weighted by Crippen LogP contribution is 2.18. The fourth-order valence-corrected chi connectivity index (χ4v) is 2.79. The van der Waals surface area contributed by atoms with Crippen molar-refractivity contribution in [2.75, 3.05) is 37.4 Å². The third-order valence-electron chi connectivity index (χ3n) is 3.17. The van der Waals surface area contributed by atoms with Crippen molar-refractivity contribution >= 4 is 21.6 Å². The van der Waals surface area contributed by atoms with E-state index in [9.17, 15) is 13.2 Å². The highest BCUT2D eigenvalue weighted by Gasteiger charge is 2.20. The van der Waals surface area contributed by atoms with E-state index in [-0.39, 0.29) is 12.5 Å². The molecule has 0 atom stereocenters. The number of nitrogens with zero attached hydrogens (tertiary/aromatic N) is 1. The van der Waals surface area contributed by atoms with Crippen molar-refractivity contribution in [3.05, 3.63) is 29.8 Å². The van der Waals surface area contributed by atoms with Gasteiger partial charge >= 0.3 is 0 Å². The van der Waals surface area contributed by atoms with Crippen LogP contribution in [0, 0.1) is 0 Å². The van der Waals surface area contributed by atoms with Gasteiger partial charge in [-0.1, -0.05) is 19.1 Å². The predicted octanol–water partition coefficient (Wildman–Crippen LogP) is 1.17. The molecule has 0 aliphatic heterocycles. The van der Waals surface area contributed by atoms with Gasteiger partial charge in [0.1, 0.15) is 6.54 Å². The molecule has 7 heteroatoms. The first-order valence-electron chi connectivity index (χ1n) is 7.20. The molecule has 0 saturated heterocycles. The number of carbonyl (C=O) groups is 1. The Morgan fingerprint density at radius 2 is 1.91 bits per heavy atom. The number of anilines is 1. The van der Waals surface area contributed by atoms with Gasteiger partial charge in [-0.25, -0.2) is 8.42 Å². The van der Waals surface area contributed by atoms with Crippen LogP contribution in [0.15, 0.2) is 24.3 Å². The van der Waals surface area contributed by atoms with Crippen LogP contribution >= 0.6 is 0 Å². The molecule has 124 valence electrons. The van der Waals surface area contributed by atoms with E-state index >= 15 is 0 Å². The third kappa shape index (κ3) is 6.03. The van der Waals surface area contributed by atoms with Crippen LogP contribution in [0.4, 0.5) is 5.69 Å². The van der Waals surface area contributed by atoms with Gasteiger partial charge in [-0.2, -0.15) is 0 Å². The first-order valence-corrected chi connectivity index (χ1v) is 9.05. The lowest BCUT2D eigenvalue weighted by Crippen LogP contribution is -2.40. The van der Waals surface area contributed by atoms with Crippen LogP contribution in [0.2, 0.25) is 0 Å². The highest BCUT2D eigenvalue weighted by molar-refractivity contribution is 7.92. The van der Waals surface area contributed by atoms with E-state index in [4.69, 9.17) is 4.74 Å². The second kappa shape index (κ2) is 8.75. The minimum Gasteiger partial charge on any atom is -0.385 e. The Bertz CT molecular complexity index is 570. The summed E-state index contributed by atoms with van der Waals surface area (Å²) in [4.78, 5) is 11.9. The Kier molecular flexibility index (Phi) is 7.34. The molecular formula is C15H24N2O4S. The Labute approximate surface area is 132 Å². The number of hydrogen-bond acceptors (Lipinski definition) is 4. The summed E-state index contributed by atoms with van der Waals surface area (Å²) in [6.07, 6.45) is 2.66. The summed E-state index contributed by atoms with van der Waals surface area (Å²) in [7, 11) is -1.93. The zero-order valence-corrected chi connectivity index (χ0v) is 14.1. The molecule has 0 aliphatic rings. The van der Waals surface area contributed by atoms with Crippen molar-refractivity contribution < 1.29 is 17.9 Å². The summed E-state index contributed by atoms with van der Waals surface area (Å²) in [6.45, 7) is 2.81. The fourth-order valence-electron chi connectivity index (χ4n) is 1.93. The maximum atomic E-state index is 11.9. The molecule has 0 spiro atoms. The minimum atomic E-state index is -3.52. The van der Waals surface area contributed by atoms with Crippen LogP contribution in [-0.2, 0) is 26.0 Å². The quantitative estimate of drug-likeness (QED) is 0.691. The summed E-state index contributed by atoms with van der Waals surface area (Å²) in [5, 5.41) is 2.69. The minimum absolute atomic E-state index is 0.225. The molecule has 1 rings (SSSR count). The standard InChI is InChI=1S/C15H24N2O4S/c1-4-13-6-8-14(9-7-13)17(22(3,19)20)12-15(18)16-10-5-11-21-2/h6-9H,4-5,10-12H2,1-3H3,(H,16,18). The van der Waals surface area contributed by atoms with Crippen LogP contribution in [0.5, 0.6) is 0 Å². The van der Waals surface area contributed by atoms with Crippen molar-refractivity contribution in [2.24, 2.45) is 0 Å². The van der Waals surface area contributed by atoms with E-state index < -0.39 is 10.0 Å². The van der Waals surface area contributed by atoms with Gasteiger partial charge in [0.2, 0.25) is 15.9 Å². The van der Waals surface area contributed by atoms with Crippen LogP contribution in [0.25, 0.3) is 0 Å². The average molecular weight is 328 g/mol. The molecule has 1 amide bonds. The number of benzene rings is 1. The topological polar surface area (TPSA) is 75.7 Å². The molecule has 0 aromatic heterocycles. The molecule has 0 radical (unpaired) electrons. The van der Waals surface area contributed by atoms with E-state index in [1.165, 1.54) is 0 Å². The molecule has 1 aromatic rings. The van der Waals surface area contributed by atoms with Crippen molar-refractivity contribution in [1.82, 2.24) is 5.32 Å². The second-order valence-corrected chi connectivity index (χ2v) is 6.89. The van der Waals surface area contributed by atoms with Crippen molar-refractivity contribution in [3.63, 3.8) is 0 Å². The summed E-state index contributed by atoms with van der Waals surface area (Å²) in [6, 6.07) is 7.17. The van der Waals surface area contributed by atoms with E-state index in [0.29, 0.717) is 25.3 Å². The monoisotopic (exact) mass is 328 g/mol. The molecule has 0 unspecified atom stereocenters. The average Bonchev–Trinajstić information content (AvgIpc) is 2.48. The molecule has 0 fully saturated rings. The number of hydrogen-bond donors (Lipinski definition) is 1. The number of nitrogens with one attached hydrogen (secondary N) is 1. The van der Waals surface area contributed by atoms with Gasteiger partial charge in [0.25, 0.3) is 0 Å². The smallest absolute Gasteiger partial charge is 0.240 e. The van der Waals surface area contributed by atoms with E-state index in [1.54, 1.807) is 19.2 Å². The van der Waals surface area contributed by atoms with Gasteiger partial charge < -0.3 is 10.1 Å². The van der Waals surface area contributed by atoms with Crippen LogP contribution in [-0.4, -0.2) is 47.4 Å². The van der Waals surface area contributed by atoms with Gasteiger partial charge in [-0.15, -0.1) is 0 Å². The Hall–Kier alpha value is -1.60. The summed E-state index contributed by atoms with van der Waals surface area (Å²) < 4.78 is 29.8. The zero-order chi connectivity index (χ0) is 16.6. The van der Waals surface area contributed by atoms with E-state index in [2.05, 4.69) is 5.32 Å². The summed E-state index contributed by atoms with van der Waals surface area (Å²) in [5.41, 5.74) is 1.60. The SMILES string of the molecule is CCc1ccc(N(CC(=O)NCCCOC)S(C)(=O)=O)cc1. The number of rotatable bonds is 9. The molecule has 0 saturated carbocycles. The van der Waals surface area contributed by atoms with Gasteiger partial charge in [0.15, 0.2) is 0 Å². The third-order valence-corrected chi connectivity index (χ3v) is 4.31. The molecule has 22 heavy (non-hydrogen) atoms. The van der Waals surface area contributed by atoms with Crippen LogP contribution in [0.3, 0.4) is 0 Å². The molecule has 1 N–H and O–H groups in total. The number of amides is 1. The van der Waals surface area contributed by atoms with Crippen molar-refractivity contribution in [1.29, 1.82) is 0 Å². The molecule has 0 aliphatic carbocycles. The number of methoxy groups -OCH3 is 1.